The van der Waals surface area contributed by atoms with Crippen molar-refractivity contribution in [3.63, 3.8) is 0 Å². The number of rotatable bonds is 21. The first-order valence-electron chi connectivity index (χ1n) is 13.1. The third kappa shape index (κ3) is 25.4. The van der Waals surface area contributed by atoms with Gasteiger partial charge < -0.3 is 50.6 Å². The molecule has 40 heavy (non-hydrogen) atoms. The molecule has 0 heterocycles. The Balaban J connectivity index is -0.000000218. The molecule has 3 amide bonds. The average molecular weight is 583 g/mol. The number of hydrogen-bond acceptors (Lipinski definition) is 11. The smallest absolute Gasteiger partial charge is 0.251 e. The van der Waals surface area contributed by atoms with E-state index in [9.17, 15) is 14.4 Å². The predicted molar refractivity (Wildman–Crippen MR) is 156 cm³/mol. The summed E-state index contributed by atoms with van der Waals surface area (Å²) in [4.78, 5) is 38.1. The number of carbonyl (C=O) groups excluding carboxylic acids is 3. The lowest BCUT2D eigenvalue weighted by atomic mass is 10.2. The van der Waals surface area contributed by atoms with E-state index in [1.807, 2.05) is 6.92 Å². The first-order valence-corrected chi connectivity index (χ1v) is 13.1. The minimum Gasteiger partial charge on any atom is -0.400 e. The van der Waals surface area contributed by atoms with Gasteiger partial charge in [-0.1, -0.05) is 6.92 Å². The summed E-state index contributed by atoms with van der Waals surface area (Å²) in [5, 5.41) is 34.9. The van der Waals surface area contributed by atoms with E-state index < -0.39 is 0 Å². The number of hydrogen-bond donors (Lipinski definition) is 7. The zero-order chi connectivity index (χ0) is 30.3. The van der Waals surface area contributed by atoms with E-state index in [-0.39, 0.29) is 41.6 Å². The molecule has 0 spiro atoms. The minimum atomic E-state index is -0.115. The molecular weight excluding hydrogens is 528 g/mol. The van der Waals surface area contributed by atoms with Crippen molar-refractivity contribution in [3.8, 4) is 5.75 Å². The monoisotopic (exact) mass is 582 g/mol. The summed E-state index contributed by atoms with van der Waals surface area (Å²) in [6.45, 7) is 6.42. The lowest BCUT2D eigenvalue weighted by Gasteiger charge is -2.08. The summed E-state index contributed by atoms with van der Waals surface area (Å²) in [5.74, 6) is 0.0955. The standard InChI is InChI=1S/C15H31N3O6.C10H13NO3.CH4O.3H2/c1-16-4-2-14(20)17-6-10-24-13-12-22-8-3-15(21)18-5-9-23-11-7-19;1-2-7-11-10(12)8-3-5-9(14-13)6-4-8;1-2;;;/h16,19H,2-13H2,1H3,(H,17,20)(H,18,21);3-6,13H,2,7H2,1H3,(H,11,12);2H,1H3;3*1H. The molecule has 1 aromatic carbocycles. The minimum absolute atomic E-state index is 0. The Morgan fingerprint density at radius 1 is 0.750 bits per heavy atom. The fourth-order valence-electron chi connectivity index (χ4n) is 2.60. The number of benzene rings is 1. The highest BCUT2D eigenvalue weighted by Gasteiger charge is 2.04. The van der Waals surface area contributed by atoms with Crippen LogP contribution >= 0.6 is 0 Å². The fourth-order valence-corrected chi connectivity index (χ4v) is 2.60. The van der Waals surface area contributed by atoms with E-state index >= 15 is 0 Å². The van der Waals surface area contributed by atoms with Gasteiger partial charge in [-0.3, -0.25) is 14.4 Å². The van der Waals surface area contributed by atoms with Gasteiger partial charge in [0.25, 0.3) is 5.91 Å². The Labute approximate surface area is 241 Å². The van der Waals surface area contributed by atoms with Gasteiger partial charge in [0.2, 0.25) is 11.8 Å². The third-order valence-corrected chi connectivity index (χ3v) is 4.58. The largest absolute Gasteiger partial charge is 0.400 e. The highest BCUT2D eigenvalue weighted by Crippen LogP contribution is 2.10. The molecule has 0 aliphatic rings. The summed E-state index contributed by atoms with van der Waals surface area (Å²) in [6, 6.07) is 6.24. The van der Waals surface area contributed by atoms with Crippen LogP contribution in [0.4, 0.5) is 0 Å². The molecule has 0 aromatic heterocycles. The van der Waals surface area contributed by atoms with Crippen LogP contribution in [0.2, 0.25) is 0 Å². The predicted octanol–water partition coefficient (Wildman–Crippen LogP) is 0.285. The molecule has 0 saturated heterocycles. The molecule has 0 radical (unpaired) electrons. The molecule has 0 aliphatic carbocycles. The zero-order valence-corrected chi connectivity index (χ0v) is 23.9. The molecule has 14 heteroatoms. The Hall–Kier alpha value is -2.85. The number of ether oxygens (including phenoxy) is 3. The van der Waals surface area contributed by atoms with Crippen molar-refractivity contribution in [1.82, 2.24) is 21.3 Å². The number of nitrogens with one attached hydrogen (secondary N) is 4. The second kappa shape index (κ2) is 30.7. The number of aliphatic hydroxyl groups is 2. The van der Waals surface area contributed by atoms with Gasteiger partial charge in [-0.2, -0.15) is 0 Å². The quantitative estimate of drug-likeness (QED) is 0.0597. The van der Waals surface area contributed by atoms with E-state index in [0.29, 0.717) is 76.9 Å². The Morgan fingerprint density at radius 2 is 1.30 bits per heavy atom. The van der Waals surface area contributed by atoms with Crippen LogP contribution in [0, 0.1) is 0 Å². The first kappa shape index (κ1) is 39.3. The summed E-state index contributed by atoms with van der Waals surface area (Å²) in [7, 11) is 2.80. The molecule has 1 rings (SSSR count). The Bertz CT molecular complexity index is 754. The number of carbonyl (C=O) groups is 3. The molecule has 7 N–H and O–H groups in total. The molecule has 1 aromatic rings. The summed E-state index contributed by atoms with van der Waals surface area (Å²) >= 11 is 0. The van der Waals surface area contributed by atoms with Crippen molar-refractivity contribution >= 4 is 17.7 Å². The summed E-state index contributed by atoms with van der Waals surface area (Å²) in [6.07, 6.45) is 1.64. The molecule has 0 unspecified atom stereocenters. The zero-order valence-electron chi connectivity index (χ0n) is 23.9. The van der Waals surface area contributed by atoms with Crippen molar-refractivity contribution < 1.29 is 53.2 Å². The van der Waals surface area contributed by atoms with Gasteiger partial charge in [-0.05, 0) is 37.7 Å². The molecule has 0 fully saturated rings. The van der Waals surface area contributed by atoms with Crippen LogP contribution in [-0.4, -0.2) is 120 Å². The average Bonchev–Trinajstić information content (AvgIpc) is 2.99. The maximum atomic E-state index is 11.4. The van der Waals surface area contributed by atoms with Crippen LogP contribution in [0.5, 0.6) is 5.75 Å². The molecular formula is C26H54N4O10. The highest BCUT2D eigenvalue weighted by atomic mass is 17.1. The van der Waals surface area contributed by atoms with Crippen molar-refractivity contribution in [3.05, 3.63) is 29.8 Å². The van der Waals surface area contributed by atoms with Crippen molar-refractivity contribution in [2.45, 2.75) is 26.2 Å². The second-order valence-electron chi connectivity index (χ2n) is 7.74. The third-order valence-electron chi connectivity index (χ3n) is 4.58. The van der Waals surface area contributed by atoms with Gasteiger partial charge in [-0.25, -0.2) is 5.26 Å². The maximum Gasteiger partial charge on any atom is 0.251 e. The van der Waals surface area contributed by atoms with Crippen LogP contribution in [0.1, 0.15) is 40.8 Å². The lowest BCUT2D eigenvalue weighted by molar-refractivity contribution is -0.137. The topological polar surface area (TPSA) is 197 Å². The van der Waals surface area contributed by atoms with E-state index in [1.54, 1.807) is 19.2 Å². The van der Waals surface area contributed by atoms with E-state index in [0.717, 1.165) is 13.5 Å². The van der Waals surface area contributed by atoms with Crippen molar-refractivity contribution in [1.29, 1.82) is 0 Å². The number of aliphatic hydroxyl groups excluding tert-OH is 2. The highest BCUT2D eigenvalue weighted by molar-refractivity contribution is 5.94. The van der Waals surface area contributed by atoms with Gasteiger partial charge in [0.1, 0.15) is 0 Å². The van der Waals surface area contributed by atoms with Gasteiger partial charge in [0.05, 0.1) is 46.2 Å². The molecule has 14 nitrogen and oxygen atoms in total. The van der Waals surface area contributed by atoms with E-state index in [2.05, 4.69) is 26.2 Å². The SMILES string of the molecule is CCCNC(=O)c1ccc(OO)cc1.CNCCC(=O)NCCOCCOCCC(=O)NCCOCCO.CO.[HH].[HH].[HH]. The fraction of sp³-hybridized carbons (Fsp3) is 0.654. The molecule has 0 saturated carbocycles. The normalized spacial score (nSPS) is 9.85. The van der Waals surface area contributed by atoms with E-state index in [1.165, 1.54) is 12.1 Å². The van der Waals surface area contributed by atoms with Crippen LogP contribution in [0.15, 0.2) is 24.3 Å². The van der Waals surface area contributed by atoms with Crippen LogP contribution in [0.25, 0.3) is 0 Å². The lowest BCUT2D eigenvalue weighted by Crippen LogP contribution is -2.30. The summed E-state index contributed by atoms with van der Waals surface area (Å²) < 4.78 is 15.6. The number of amides is 3. The van der Waals surface area contributed by atoms with Gasteiger partial charge in [0.15, 0.2) is 5.75 Å². The van der Waals surface area contributed by atoms with Crippen molar-refractivity contribution in [2.24, 2.45) is 0 Å². The van der Waals surface area contributed by atoms with Gasteiger partial charge in [-0.15, -0.1) is 0 Å². The van der Waals surface area contributed by atoms with Gasteiger partial charge >= 0.3 is 0 Å². The van der Waals surface area contributed by atoms with Crippen LogP contribution in [-0.2, 0) is 23.8 Å². The van der Waals surface area contributed by atoms with E-state index in [4.69, 9.17) is 29.7 Å². The first-order chi connectivity index (χ1) is 19.5. The Morgan fingerprint density at radius 3 is 1.82 bits per heavy atom. The van der Waals surface area contributed by atoms with Crippen LogP contribution in [0.3, 0.4) is 0 Å². The maximum absolute atomic E-state index is 11.4. The van der Waals surface area contributed by atoms with Crippen LogP contribution < -0.4 is 26.2 Å². The molecule has 0 atom stereocenters. The molecule has 238 valence electrons. The molecule has 0 bridgehead atoms. The molecule has 0 aliphatic heterocycles. The Kier molecular flexibility index (Phi) is 30.1. The summed E-state index contributed by atoms with van der Waals surface area (Å²) in [5.41, 5.74) is 0.555. The second-order valence-corrected chi connectivity index (χ2v) is 7.74. The van der Waals surface area contributed by atoms with Gasteiger partial charge in [0, 0.05) is 56.0 Å². The van der Waals surface area contributed by atoms with Crippen molar-refractivity contribution in [2.75, 3.05) is 86.6 Å².